The Morgan fingerprint density at radius 3 is 2.43 bits per heavy atom. The Morgan fingerprint density at radius 1 is 1.13 bits per heavy atom. The molecule has 0 spiro atoms. The van der Waals surface area contributed by atoms with Gasteiger partial charge in [-0.05, 0) is 23.6 Å². The second kappa shape index (κ2) is 6.88. The van der Waals surface area contributed by atoms with Crippen LogP contribution < -0.4 is 19.5 Å². The number of amides is 1. The van der Waals surface area contributed by atoms with Crippen LogP contribution in [0.2, 0.25) is 0 Å². The van der Waals surface area contributed by atoms with Gasteiger partial charge < -0.3 is 14.8 Å². The SMILES string of the molecule is COc1ccc(NC(=O)c2sccc2NS(C)(=O)=O)cc1OC. The number of hydrogen-bond acceptors (Lipinski definition) is 6. The lowest BCUT2D eigenvalue weighted by Crippen LogP contribution is -2.15. The highest BCUT2D eigenvalue weighted by Crippen LogP contribution is 2.31. The highest BCUT2D eigenvalue weighted by Gasteiger charge is 2.16. The molecule has 23 heavy (non-hydrogen) atoms. The van der Waals surface area contributed by atoms with Gasteiger partial charge in [0.1, 0.15) is 4.88 Å². The monoisotopic (exact) mass is 356 g/mol. The van der Waals surface area contributed by atoms with Crippen LogP contribution >= 0.6 is 11.3 Å². The molecule has 0 atom stereocenters. The number of hydrogen-bond donors (Lipinski definition) is 2. The molecule has 0 radical (unpaired) electrons. The van der Waals surface area contributed by atoms with Crippen molar-refractivity contribution in [3.63, 3.8) is 0 Å². The van der Waals surface area contributed by atoms with Crippen molar-refractivity contribution in [2.24, 2.45) is 0 Å². The molecule has 7 nitrogen and oxygen atoms in total. The van der Waals surface area contributed by atoms with Gasteiger partial charge in [-0.25, -0.2) is 8.42 Å². The highest BCUT2D eigenvalue weighted by atomic mass is 32.2. The molecule has 0 saturated heterocycles. The van der Waals surface area contributed by atoms with E-state index in [4.69, 9.17) is 9.47 Å². The summed E-state index contributed by atoms with van der Waals surface area (Å²) < 4.78 is 35.3. The lowest BCUT2D eigenvalue weighted by atomic mass is 10.2. The van der Waals surface area contributed by atoms with Crippen molar-refractivity contribution in [2.45, 2.75) is 0 Å². The zero-order valence-electron chi connectivity index (χ0n) is 12.7. The number of ether oxygens (including phenoxy) is 2. The van der Waals surface area contributed by atoms with Gasteiger partial charge in [0.25, 0.3) is 5.91 Å². The zero-order chi connectivity index (χ0) is 17.0. The zero-order valence-corrected chi connectivity index (χ0v) is 14.4. The number of methoxy groups -OCH3 is 2. The fourth-order valence-electron chi connectivity index (χ4n) is 1.87. The van der Waals surface area contributed by atoms with Gasteiger partial charge in [0.15, 0.2) is 11.5 Å². The molecule has 9 heteroatoms. The van der Waals surface area contributed by atoms with E-state index in [2.05, 4.69) is 10.0 Å². The Hall–Kier alpha value is -2.26. The van der Waals surface area contributed by atoms with E-state index >= 15 is 0 Å². The summed E-state index contributed by atoms with van der Waals surface area (Å²) in [6.07, 6.45) is 1.03. The summed E-state index contributed by atoms with van der Waals surface area (Å²) in [5.41, 5.74) is 0.752. The number of rotatable bonds is 6. The number of carbonyl (C=O) groups is 1. The summed E-state index contributed by atoms with van der Waals surface area (Å²) in [4.78, 5) is 12.6. The summed E-state index contributed by atoms with van der Waals surface area (Å²) in [6, 6.07) is 6.48. The van der Waals surface area contributed by atoms with Gasteiger partial charge in [-0.2, -0.15) is 0 Å². The molecule has 1 heterocycles. The van der Waals surface area contributed by atoms with Crippen molar-refractivity contribution in [1.82, 2.24) is 0 Å². The molecule has 0 fully saturated rings. The standard InChI is InChI=1S/C14H16N2O5S2/c1-20-11-5-4-9(8-12(11)21-2)15-14(17)13-10(6-7-22-13)16-23(3,18)19/h4-8,16H,1-3H3,(H,15,17). The Morgan fingerprint density at radius 2 is 1.83 bits per heavy atom. The van der Waals surface area contributed by atoms with E-state index in [0.717, 1.165) is 17.6 Å². The minimum atomic E-state index is -3.46. The van der Waals surface area contributed by atoms with Crippen LogP contribution in [-0.4, -0.2) is 34.8 Å². The third-order valence-electron chi connectivity index (χ3n) is 2.81. The van der Waals surface area contributed by atoms with Crippen LogP contribution in [0, 0.1) is 0 Å². The largest absolute Gasteiger partial charge is 0.493 e. The third kappa shape index (κ3) is 4.36. The Bertz CT molecular complexity index is 814. The Balaban J connectivity index is 2.22. The predicted octanol–water partition coefficient (Wildman–Crippen LogP) is 2.39. The number of nitrogens with one attached hydrogen (secondary N) is 2. The number of benzene rings is 1. The van der Waals surface area contributed by atoms with E-state index in [1.165, 1.54) is 20.3 Å². The lowest BCUT2D eigenvalue weighted by Gasteiger charge is -2.11. The molecular weight excluding hydrogens is 340 g/mol. The van der Waals surface area contributed by atoms with Gasteiger partial charge in [-0.15, -0.1) is 11.3 Å². The van der Waals surface area contributed by atoms with Crippen molar-refractivity contribution in [2.75, 3.05) is 30.5 Å². The van der Waals surface area contributed by atoms with Crippen molar-refractivity contribution < 1.29 is 22.7 Å². The maximum absolute atomic E-state index is 12.3. The molecule has 0 bridgehead atoms. The van der Waals surface area contributed by atoms with Crippen LogP contribution in [-0.2, 0) is 10.0 Å². The summed E-state index contributed by atoms with van der Waals surface area (Å²) in [6.45, 7) is 0. The third-order valence-corrected chi connectivity index (χ3v) is 4.31. The summed E-state index contributed by atoms with van der Waals surface area (Å²) in [5.74, 6) is 0.602. The minimum Gasteiger partial charge on any atom is -0.493 e. The van der Waals surface area contributed by atoms with Gasteiger partial charge in [-0.3, -0.25) is 9.52 Å². The quantitative estimate of drug-likeness (QED) is 0.829. The van der Waals surface area contributed by atoms with Gasteiger partial charge in [0.05, 0.1) is 26.2 Å². The molecule has 1 aromatic carbocycles. The molecule has 1 aromatic heterocycles. The molecule has 0 aliphatic rings. The molecule has 2 N–H and O–H groups in total. The smallest absolute Gasteiger partial charge is 0.267 e. The molecule has 0 aliphatic carbocycles. The molecule has 2 rings (SSSR count). The molecular formula is C14H16N2O5S2. The van der Waals surface area contributed by atoms with Crippen LogP contribution in [0.4, 0.5) is 11.4 Å². The number of anilines is 2. The molecule has 0 saturated carbocycles. The van der Waals surface area contributed by atoms with E-state index in [1.807, 2.05) is 0 Å². The lowest BCUT2D eigenvalue weighted by molar-refractivity contribution is 0.103. The van der Waals surface area contributed by atoms with Crippen LogP contribution in [0.5, 0.6) is 11.5 Å². The van der Waals surface area contributed by atoms with Crippen molar-refractivity contribution >= 4 is 38.6 Å². The first-order chi connectivity index (χ1) is 10.8. The second-order valence-electron chi connectivity index (χ2n) is 4.56. The number of carbonyl (C=O) groups excluding carboxylic acids is 1. The van der Waals surface area contributed by atoms with Gasteiger partial charge in [-0.1, -0.05) is 0 Å². The molecule has 0 aliphatic heterocycles. The van der Waals surface area contributed by atoms with Crippen molar-refractivity contribution in [1.29, 1.82) is 0 Å². The molecule has 2 aromatic rings. The van der Waals surface area contributed by atoms with Crippen LogP contribution in [0.15, 0.2) is 29.6 Å². The molecule has 124 valence electrons. The topological polar surface area (TPSA) is 93.7 Å². The first kappa shape index (κ1) is 17.1. The highest BCUT2D eigenvalue weighted by molar-refractivity contribution is 7.92. The number of sulfonamides is 1. The Labute approximate surface area is 138 Å². The van der Waals surface area contributed by atoms with Gasteiger partial charge in [0, 0.05) is 11.8 Å². The molecule has 1 amide bonds. The van der Waals surface area contributed by atoms with E-state index in [-0.39, 0.29) is 10.6 Å². The minimum absolute atomic E-state index is 0.246. The van der Waals surface area contributed by atoms with Crippen molar-refractivity contribution in [3.05, 3.63) is 34.5 Å². The fourth-order valence-corrected chi connectivity index (χ4v) is 3.25. The van der Waals surface area contributed by atoms with E-state index in [0.29, 0.717) is 17.2 Å². The summed E-state index contributed by atoms with van der Waals surface area (Å²) >= 11 is 1.14. The Kier molecular flexibility index (Phi) is 5.12. The second-order valence-corrected chi connectivity index (χ2v) is 7.23. The first-order valence-electron chi connectivity index (χ1n) is 6.42. The normalized spacial score (nSPS) is 10.9. The fraction of sp³-hybridized carbons (Fsp3) is 0.214. The van der Waals surface area contributed by atoms with Gasteiger partial charge >= 0.3 is 0 Å². The van der Waals surface area contributed by atoms with Crippen LogP contribution in [0.1, 0.15) is 9.67 Å². The van der Waals surface area contributed by atoms with Gasteiger partial charge in [0.2, 0.25) is 10.0 Å². The van der Waals surface area contributed by atoms with Crippen LogP contribution in [0.3, 0.4) is 0 Å². The average Bonchev–Trinajstić information content (AvgIpc) is 2.93. The summed E-state index contributed by atoms with van der Waals surface area (Å²) in [7, 11) is -0.440. The number of thiophene rings is 1. The maximum atomic E-state index is 12.3. The summed E-state index contributed by atoms with van der Waals surface area (Å²) in [5, 5.41) is 4.33. The van der Waals surface area contributed by atoms with E-state index < -0.39 is 15.9 Å². The van der Waals surface area contributed by atoms with E-state index in [1.54, 1.807) is 23.6 Å². The molecule has 0 unspecified atom stereocenters. The maximum Gasteiger partial charge on any atom is 0.267 e. The predicted molar refractivity (Wildman–Crippen MR) is 90.3 cm³/mol. The van der Waals surface area contributed by atoms with E-state index in [9.17, 15) is 13.2 Å². The average molecular weight is 356 g/mol. The first-order valence-corrected chi connectivity index (χ1v) is 9.20. The van der Waals surface area contributed by atoms with Crippen LogP contribution in [0.25, 0.3) is 0 Å². The van der Waals surface area contributed by atoms with Crippen molar-refractivity contribution in [3.8, 4) is 11.5 Å².